The summed E-state index contributed by atoms with van der Waals surface area (Å²) in [5, 5.41) is 19.7. The lowest BCUT2D eigenvalue weighted by Crippen LogP contribution is -2.31. The molecule has 4 rings (SSSR count). The molecule has 1 amide bonds. The van der Waals surface area contributed by atoms with Crippen LogP contribution in [0.4, 0.5) is 5.69 Å². The van der Waals surface area contributed by atoms with Gasteiger partial charge in [-0.2, -0.15) is 0 Å². The number of aromatic hydroxyl groups is 1. The van der Waals surface area contributed by atoms with E-state index in [1.54, 1.807) is 19.2 Å². The molecule has 0 spiro atoms. The average Bonchev–Trinajstić information content (AvgIpc) is 3.04. The smallest absolute Gasteiger partial charge is 0.269 e. The van der Waals surface area contributed by atoms with Crippen molar-refractivity contribution in [3.05, 3.63) is 54.1 Å². The van der Waals surface area contributed by atoms with Crippen molar-refractivity contribution in [1.82, 2.24) is 9.47 Å². The molecular formula is C23H26N4O3. The summed E-state index contributed by atoms with van der Waals surface area (Å²) in [6.45, 7) is 2.63. The highest BCUT2D eigenvalue weighted by molar-refractivity contribution is 5.95. The molecule has 2 heterocycles. The Balaban J connectivity index is 1.55. The number of para-hydroxylation sites is 1. The van der Waals surface area contributed by atoms with E-state index in [1.807, 2.05) is 41.0 Å². The van der Waals surface area contributed by atoms with Gasteiger partial charge in [0.15, 0.2) is 5.69 Å². The third-order valence-electron chi connectivity index (χ3n) is 5.48. The first-order valence-electron chi connectivity index (χ1n) is 10.3. The maximum atomic E-state index is 12.3. The highest BCUT2D eigenvalue weighted by Gasteiger charge is 2.19. The lowest BCUT2D eigenvalue weighted by atomic mass is 10.1. The Morgan fingerprint density at radius 1 is 1.07 bits per heavy atom. The van der Waals surface area contributed by atoms with Gasteiger partial charge in [0.1, 0.15) is 5.75 Å². The maximum Gasteiger partial charge on any atom is 0.269 e. The number of nitrogens with zero attached hydrogens (tertiary/aromatic N) is 4. The van der Waals surface area contributed by atoms with Crippen molar-refractivity contribution < 1.29 is 14.6 Å². The highest BCUT2D eigenvalue weighted by Crippen LogP contribution is 2.39. The summed E-state index contributed by atoms with van der Waals surface area (Å²) in [6.07, 6.45) is 3.74. The Kier molecular flexibility index (Phi) is 6.09. The van der Waals surface area contributed by atoms with Gasteiger partial charge in [-0.15, -0.1) is 10.2 Å². The third-order valence-corrected chi connectivity index (χ3v) is 5.48. The van der Waals surface area contributed by atoms with Crippen LogP contribution in [0.15, 0.2) is 58.8 Å². The minimum atomic E-state index is -0.368. The fourth-order valence-electron chi connectivity index (χ4n) is 3.87. The summed E-state index contributed by atoms with van der Waals surface area (Å²) < 4.78 is 6.98. The molecule has 1 N–H and O–H groups in total. The van der Waals surface area contributed by atoms with E-state index in [4.69, 9.17) is 4.74 Å². The Labute approximate surface area is 175 Å². The van der Waals surface area contributed by atoms with E-state index in [-0.39, 0.29) is 18.2 Å². The molecule has 7 heteroatoms. The van der Waals surface area contributed by atoms with Crippen molar-refractivity contribution in [2.24, 2.45) is 10.2 Å². The van der Waals surface area contributed by atoms with E-state index in [0.717, 1.165) is 35.3 Å². The van der Waals surface area contributed by atoms with E-state index in [2.05, 4.69) is 15.1 Å². The van der Waals surface area contributed by atoms with Gasteiger partial charge in [0, 0.05) is 5.39 Å². The molecular weight excluding hydrogens is 380 g/mol. The van der Waals surface area contributed by atoms with Gasteiger partial charge in [-0.25, -0.2) is 0 Å². The van der Waals surface area contributed by atoms with Crippen LogP contribution in [0.25, 0.3) is 10.9 Å². The van der Waals surface area contributed by atoms with Crippen molar-refractivity contribution in [2.75, 3.05) is 20.2 Å². The van der Waals surface area contributed by atoms with Crippen LogP contribution >= 0.6 is 0 Å². The van der Waals surface area contributed by atoms with Crippen LogP contribution in [-0.2, 0) is 17.9 Å². The van der Waals surface area contributed by atoms with E-state index < -0.39 is 0 Å². The zero-order valence-electron chi connectivity index (χ0n) is 17.1. The van der Waals surface area contributed by atoms with Crippen molar-refractivity contribution in [3.8, 4) is 11.6 Å². The fraction of sp³-hybridized carbons (Fsp3) is 0.348. The highest BCUT2D eigenvalue weighted by atomic mass is 16.5. The first-order chi connectivity index (χ1) is 14.7. The van der Waals surface area contributed by atoms with Crippen LogP contribution in [0.1, 0.15) is 24.8 Å². The van der Waals surface area contributed by atoms with Crippen LogP contribution < -0.4 is 4.74 Å². The summed E-state index contributed by atoms with van der Waals surface area (Å²) in [6, 6.07) is 14.9. The standard InChI is InChI=1S/C23H26N4O3/c1-30-18-11-9-17(10-12-18)15-21(28)24-25-22-19-7-3-4-8-20(19)27(23(22)29)16-26-13-5-2-6-14-26/h3-4,7-12,29H,2,5-6,13-16H2,1H3. The minimum absolute atomic E-state index is 0.0442. The van der Waals surface area contributed by atoms with Crippen molar-refractivity contribution >= 4 is 22.5 Å². The fourth-order valence-corrected chi connectivity index (χ4v) is 3.87. The van der Waals surface area contributed by atoms with Crippen LogP contribution in [0.2, 0.25) is 0 Å². The molecule has 30 heavy (non-hydrogen) atoms. The second-order valence-electron chi connectivity index (χ2n) is 7.56. The quantitative estimate of drug-likeness (QED) is 0.604. The number of likely N-dealkylation sites (tertiary alicyclic amines) is 1. The normalized spacial score (nSPS) is 15.1. The Bertz CT molecular complexity index is 1050. The molecule has 3 aromatic rings. The molecule has 0 bridgehead atoms. The molecule has 0 radical (unpaired) electrons. The average molecular weight is 406 g/mol. The molecule has 1 saturated heterocycles. The van der Waals surface area contributed by atoms with Crippen molar-refractivity contribution in [3.63, 3.8) is 0 Å². The minimum Gasteiger partial charge on any atom is -0.497 e. The lowest BCUT2D eigenvalue weighted by Gasteiger charge is -2.27. The number of ether oxygens (including phenoxy) is 1. The van der Waals surface area contributed by atoms with E-state index >= 15 is 0 Å². The van der Waals surface area contributed by atoms with Gasteiger partial charge in [0.25, 0.3) is 5.91 Å². The number of hydrogen-bond donors (Lipinski definition) is 1. The van der Waals surface area contributed by atoms with Gasteiger partial charge in [-0.1, -0.05) is 36.8 Å². The predicted molar refractivity (Wildman–Crippen MR) is 115 cm³/mol. The van der Waals surface area contributed by atoms with E-state index in [1.165, 1.54) is 19.3 Å². The number of methoxy groups -OCH3 is 1. The number of fused-ring (bicyclic) bond motifs is 1. The third kappa shape index (κ3) is 4.36. The van der Waals surface area contributed by atoms with Crippen molar-refractivity contribution in [1.29, 1.82) is 0 Å². The maximum absolute atomic E-state index is 12.3. The van der Waals surface area contributed by atoms with Crippen molar-refractivity contribution in [2.45, 2.75) is 32.4 Å². The second-order valence-corrected chi connectivity index (χ2v) is 7.56. The molecule has 1 fully saturated rings. The van der Waals surface area contributed by atoms with Gasteiger partial charge in [0.2, 0.25) is 5.88 Å². The Morgan fingerprint density at radius 3 is 2.53 bits per heavy atom. The number of rotatable bonds is 6. The number of amides is 1. The summed E-state index contributed by atoms with van der Waals surface area (Å²) in [4.78, 5) is 14.6. The molecule has 0 aliphatic carbocycles. The molecule has 1 aliphatic rings. The van der Waals surface area contributed by atoms with Crippen LogP contribution in [0.5, 0.6) is 11.6 Å². The molecule has 7 nitrogen and oxygen atoms in total. The molecule has 0 atom stereocenters. The van der Waals surface area contributed by atoms with E-state index in [0.29, 0.717) is 12.4 Å². The molecule has 0 unspecified atom stereocenters. The molecule has 1 aliphatic heterocycles. The summed E-state index contributed by atoms with van der Waals surface area (Å²) in [5.41, 5.74) is 2.05. The Hall–Kier alpha value is -3.19. The second kappa shape index (κ2) is 9.09. The number of carbonyl (C=O) groups excluding carboxylic acids is 1. The number of piperidine rings is 1. The Morgan fingerprint density at radius 2 is 1.80 bits per heavy atom. The zero-order chi connectivity index (χ0) is 20.9. The monoisotopic (exact) mass is 406 g/mol. The molecule has 2 aromatic carbocycles. The zero-order valence-corrected chi connectivity index (χ0v) is 17.1. The van der Waals surface area contributed by atoms with Crippen LogP contribution in [0.3, 0.4) is 0 Å². The van der Waals surface area contributed by atoms with Crippen LogP contribution in [-0.4, -0.2) is 40.7 Å². The number of carbonyl (C=O) groups is 1. The lowest BCUT2D eigenvalue weighted by molar-refractivity contribution is -0.117. The largest absolute Gasteiger partial charge is 0.497 e. The number of benzene rings is 2. The first-order valence-corrected chi connectivity index (χ1v) is 10.3. The van der Waals surface area contributed by atoms with Gasteiger partial charge < -0.3 is 9.84 Å². The van der Waals surface area contributed by atoms with Gasteiger partial charge in [-0.3, -0.25) is 14.3 Å². The summed E-state index contributed by atoms with van der Waals surface area (Å²) in [7, 11) is 1.60. The van der Waals surface area contributed by atoms with Crippen LogP contribution in [0, 0.1) is 0 Å². The molecule has 0 saturated carbocycles. The SMILES string of the molecule is COc1ccc(CC(=O)N=Nc2c(O)n(CN3CCCCC3)c3ccccc23)cc1. The molecule has 1 aromatic heterocycles. The van der Waals surface area contributed by atoms with Gasteiger partial charge in [0.05, 0.1) is 25.7 Å². The number of aromatic nitrogens is 1. The first kappa shape index (κ1) is 20.1. The number of hydrogen-bond acceptors (Lipinski definition) is 5. The molecule has 156 valence electrons. The van der Waals surface area contributed by atoms with Gasteiger partial charge in [-0.05, 0) is 49.7 Å². The summed E-state index contributed by atoms with van der Waals surface area (Å²) >= 11 is 0. The number of azo groups is 1. The predicted octanol–water partition coefficient (Wildman–Crippen LogP) is 4.65. The summed E-state index contributed by atoms with van der Waals surface area (Å²) in [5.74, 6) is 0.412. The van der Waals surface area contributed by atoms with E-state index in [9.17, 15) is 9.90 Å². The topological polar surface area (TPSA) is 79.4 Å². The van der Waals surface area contributed by atoms with Gasteiger partial charge >= 0.3 is 0 Å².